The normalized spacial score (nSPS) is 11.8. The van der Waals surface area contributed by atoms with Crippen LogP contribution >= 0.6 is 11.3 Å². The number of thiophene rings is 1. The quantitative estimate of drug-likeness (QED) is 0.888. The highest BCUT2D eigenvalue weighted by Crippen LogP contribution is 2.15. The molecule has 0 bridgehead atoms. The van der Waals surface area contributed by atoms with E-state index in [1.54, 1.807) is 11.3 Å². The third-order valence-corrected chi connectivity index (χ3v) is 3.39. The van der Waals surface area contributed by atoms with Gasteiger partial charge in [-0.2, -0.15) is 5.26 Å². The van der Waals surface area contributed by atoms with Gasteiger partial charge in [0.2, 0.25) is 0 Å². The molecule has 0 spiro atoms. The Kier molecular flexibility index (Phi) is 3.79. The van der Waals surface area contributed by atoms with Crippen molar-refractivity contribution in [2.45, 2.75) is 19.4 Å². The molecule has 2 nitrogen and oxygen atoms in total. The Morgan fingerprint density at radius 3 is 2.94 bits per heavy atom. The van der Waals surface area contributed by atoms with Crippen molar-refractivity contribution in [3.8, 4) is 6.07 Å². The van der Waals surface area contributed by atoms with Crippen LogP contribution in [0.3, 0.4) is 0 Å². The SMILES string of the molecule is CC(Cc1cccs1)Nc1cccc(C#N)c1. The van der Waals surface area contributed by atoms with Gasteiger partial charge in [-0.3, -0.25) is 0 Å². The molecule has 0 aliphatic rings. The summed E-state index contributed by atoms with van der Waals surface area (Å²) in [5.41, 5.74) is 1.70. The Hall–Kier alpha value is -1.79. The van der Waals surface area contributed by atoms with Crippen LogP contribution < -0.4 is 5.32 Å². The molecule has 1 atom stereocenters. The van der Waals surface area contributed by atoms with Crippen LogP contribution in [-0.2, 0) is 6.42 Å². The van der Waals surface area contributed by atoms with Crippen LogP contribution in [0, 0.1) is 11.3 Å². The van der Waals surface area contributed by atoms with Crippen molar-refractivity contribution in [2.75, 3.05) is 5.32 Å². The summed E-state index contributed by atoms with van der Waals surface area (Å²) in [5.74, 6) is 0. The summed E-state index contributed by atoms with van der Waals surface area (Å²) in [5, 5.41) is 14.3. The minimum atomic E-state index is 0.364. The lowest BCUT2D eigenvalue weighted by atomic mass is 10.1. The van der Waals surface area contributed by atoms with Crippen LogP contribution in [-0.4, -0.2) is 6.04 Å². The average molecular weight is 242 g/mol. The van der Waals surface area contributed by atoms with Crippen molar-refractivity contribution in [1.29, 1.82) is 5.26 Å². The van der Waals surface area contributed by atoms with Crippen LogP contribution in [0.25, 0.3) is 0 Å². The fourth-order valence-corrected chi connectivity index (χ4v) is 2.58. The highest BCUT2D eigenvalue weighted by Gasteiger charge is 2.04. The van der Waals surface area contributed by atoms with Gasteiger partial charge < -0.3 is 5.32 Å². The minimum absolute atomic E-state index is 0.364. The van der Waals surface area contributed by atoms with Crippen molar-refractivity contribution in [3.63, 3.8) is 0 Å². The molecule has 3 heteroatoms. The molecular weight excluding hydrogens is 228 g/mol. The van der Waals surface area contributed by atoms with E-state index in [4.69, 9.17) is 5.26 Å². The van der Waals surface area contributed by atoms with Crippen LogP contribution in [0.2, 0.25) is 0 Å². The van der Waals surface area contributed by atoms with Crippen molar-refractivity contribution >= 4 is 17.0 Å². The van der Waals surface area contributed by atoms with E-state index in [1.165, 1.54) is 4.88 Å². The molecule has 0 radical (unpaired) electrons. The van der Waals surface area contributed by atoms with Crippen LogP contribution in [0.5, 0.6) is 0 Å². The molecule has 0 amide bonds. The van der Waals surface area contributed by atoms with Crippen molar-refractivity contribution < 1.29 is 0 Å². The van der Waals surface area contributed by atoms with Gasteiger partial charge in [-0.1, -0.05) is 12.1 Å². The third-order valence-electron chi connectivity index (χ3n) is 2.49. The number of nitrogens with one attached hydrogen (secondary N) is 1. The number of nitrogens with zero attached hydrogens (tertiary/aromatic N) is 1. The molecule has 0 aliphatic heterocycles. The van der Waals surface area contributed by atoms with Crippen LogP contribution in [0.1, 0.15) is 17.4 Å². The highest BCUT2D eigenvalue weighted by atomic mass is 32.1. The largest absolute Gasteiger partial charge is 0.382 e. The third kappa shape index (κ3) is 3.33. The second-order valence-corrected chi connectivity index (χ2v) is 5.05. The summed E-state index contributed by atoms with van der Waals surface area (Å²) in [7, 11) is 0. The van der Waals surface area contributed by atoms with E-state index in [9.17, 15) is 0 Å². The lowest BCUT2D eigenvalue weighted by molar-refractivity contribution is 0.800. The number of benzene rings is 1. The van der Waals surface area contributed by atoms with Crippen molar-refractivity contribution in [2.24, 2.45) is 0 Å². The number of hydrogen-bond donors (Lipinski definition) is 1. The molecule has 0 aliphatic carbocycles. The summed E-state index contributed by atoms with van der Waals surface area (Å²) in [6.45, 7) is 2.15. The van der Waals surface area contributed by atoms with E-state index in [-0.39, 0.29) is 0 Å². The maximum absolute atomic E-state index is 8.83. The molecular formula is C14H14N2S. The Labute approximate surface area is 106 Å². The standard InChI is InChI=1S/C14H14N2S/c1-11(8-14-6-3-7-17-14)16-13-5-2-4-12(9-13)10-15/h2-7,9,11,16H,8H2,1H3. The second kappa shape index (κ2) is 5.51. The van der Waals surface area contributed by atoms with Gasteiger partial charge in [0, 0.05) is 23.0 Å². The molecule has 17 heavy (non-hydrogen) atoms. The Bertz CT molecular complexity index is 511. The number of hydrogen-bond acceptors (Lipinski definition) is 3. The first-order valence-electron chi connectivity index (χ1n) is 5.57. The molecule has 0 fully saturated rings. The maximum Gasteiger partial charge on any atom is 0.0992 e. The first-order chi connectivity index (χ1) is 8.28. The second-order valence-electron chi connectivity index (χ2n) is 4.02. The first kappa shape index (κ1) is 11.7. The molecule has 0 saturated carbocycles. The Morgan fingerprint density at radius 1 is 1.35 bits per heavy atom. The van der Waals surface area contributed by atoms with E-state index < -0.39 is 0 Å². The molecule has 2 aromatic rings. The van der Waals surface area contributed by atoms with Gasteiger partial charge in [0.15, 0.2) is 0 Å². The Balaban J connectivity index is 1.98. The number of anilines is 1. The van der Waals surface area contributed by atoms with Gasteiger partial charge in [-0.25, -0.2) is 0 Å². The molecule has 1 aromatic heterocycles. The minimum Gasteiger partial charge on any atom is -0.382 e. The summed E-state index contributed by atoms with van der Waals surface area (Å²) in [6, 6.07) is 14.3. The van der Waals surface area contributed by atoms with E-state index in [0.717, 1.165) is 12.1 Å². The van der Waals surface area contributed by atoms with Gasteiger partial charge in [-0.15, -0.1) is 11.3 Å². The fourth-order valence-electron chi connectivity index (χ4n) is 1.74. The van der Waals surface area contributed by atoms with E-state index >= 15 is 0 Å². The summed E-state index contributed by atoms with van der Waals surface area (Å²) >= 11 is 1.78. The van der Waals surface area contributed by atoms with Crippen molar-refractivity contribution in [3.05, 3.63) is 52.2 Å². The average Bonchev–Trinajstić information content (AvgIpc) is 2.82. The van der Waals surface area contributed by atoms with Crippen molar-refractivity contribution in [1.82, 2.24) is 0 Å². The fraction of sp³-hybridized carbons (Fsp3) is 0.214. The van der Waals surface area contributed by atoms with Gasteiger partial charge in [-0.05, 0) is 36.6 Å². The van der Waals surface area contributed by atoms with Gasteiger partial charge >= 0.3 is 0 Å². The molecule has 1 unspecified atom stereocenters. The predicted octanol–water partition coefficient (Wildman–Crippen LogP) is 3.66. The van der Waals surface area contributed by atoms with E-state index in [2.05, 4.69) is 35.8 Å². The molecule has 0 saturated heterocycles. The summed E-state index contributed by atoms with van der Waals surface area (Å²) in [4.78, 5) is 1.38. The summed E-state index contributed by atoms with van der Waals surface area (Å²) < 4.78 is 0. The molecule has 2 rings (SSSR count). The first-order valence-corrected chi connectivity index (χ1v) is 6.45. The zero-order chi connectivity index (χ0) is 12.1. The van der Waals surface area contributed by atoms with Gasteiger partial charge in [0.25, 0.3) is 0 Å². The predicted molar refractivity (Wildman–Crippen MR) is 72.3 cm³/mol. The Morgan fingerprint density at radius 2 is 2.24 bits per heavy atom. The zero-order valence-electron chi connectivity index (χ0n) is 9.68. The molecule has 1 heterocycles. The lowest BCUT2D eigenvalue weighted by Crippen LogP contribution is -2.17. The number of nitriles is 1. The van der Waals surface area contributed by atoms with Gasteiger partial charge in [0.1, 0.15) is 0 Å². The number of rotatable bonds is 4. The van der Waals surface area contributed by atoms with E-state index in [0.29, 0.717) is 11.6 Å². The van der Waals surface area contributed by atoms with E-state index in [1.807, 2.05) is 24.3 Å². The topological polar surface area (TPSA) is 35.8 Å². The van der Waals surface area contributed by atoms with Crippen LogP contribution in [0.15, 0.2) is 41.8 Å². The van der Waals surface area contributed by atoms with Crippen LogP contribution in [0.4, 0.5) is 5.69 Å². The smallest absolute Gasteiger partial charge is 0.0992 e. The molecule has 1 aromatic carbocycles. The lowest BCUT2D eigenvalue weighted by Gasteiger charge is -2.14. The zero-order valence-corrected chi connectivity index (χ0v) is 10.5. The van der Waals surface area contributed by atoms with Gasteiger partial charge in [0.05, 0.1) is 11.6 Å². The maximum atomic E-state index is 8.83. The summed E-state index contributed by atoms with van der Waals surface area (Å²) in [6.07, 6.45) is 1.01. The monoisotopic (exact) mass is 242 g/mol. The molecule has 86 valence electrons. The molecule has 1 N–H and O–H groups in total. The highest BCUT2D eigenvalue weighted by molar-refractivity contribution is 7.09.